The first-order valence-electron chi connectivity index (χ1n) is 11.1. The van der Waals surface area contributed by atoms with Crippen molar-refractivity contribution < 1.29 is 18.7 Å². The number of aromatic nitrogens is 1. The second kappa shape index (κ2) is 9.91. The summed E-state index contributed by atoms with van der Waals surface area (Å²) < 4.78 is 20.4. The van der Waals surface area contributed by atoms with E-state index in [9.17, 15) is 14.0 Å². The summed E-state index contributed by atoms with van der Waals surface area (Å²) in [4.78, 5) is 30.9. The lowest BCUT2D eigenvalue weighted by Gasteiger charge is -2.24. The van der Waals surface area contributed by atoms with Gasteiger partial charge in [-0.15, -0.1) is 0 Å². The van der Waals surface area contributed by atoms with Gasteiger partial charge in [0.05, 0.1) is 16.7 Å². The second-order valence-corrected chi connectivity index (χ2v) is 8.60. The first-order valence-corrected chi connectivity index (χ1v) is 11.5. The third-order valence-electron chi connectivity index (χ3n) is 6.06. The Hall–Kier alpha value is -3.29. The first-order chi connectivity index (χ1) is 16.3. The molecular formula is C26H25ClFN3O3. The van der Waals surface area contributed by atoms with Crippen LogP contribution in [-0.2, 0) is 11.2 Å². The molecule has 2 amide bonds. The number of benzene rings is 2. The molecule has 0 radical (unpaired) electrons. The number of anilines is 1. The number of nitrogens with zero attached hydrogens (tertiary/aromatic N) is 2. The van der Waals surface area contributed by atoms with Crippen molar-refractivity contribution in [2.24, 2.45) is 5.73 Å². The van der Waals surface area contributed by atoms with E-state index in [-0.39, 0.29) is 16.7 Å². The fourth-order valence-electron chi connectivity index (χ4n) is 4.23. The highest BCUT2D eigenvalue weighted by Gasteiger charge is 2.28. The molecule has 1 unspecified atom stereocenters. The largest absolute Gasteiger partial charge is 0.373 e. The van der Waals surface area contributed by atoms with Crippen LogP contribution >= 0.6 is 11.6 Å². The molecule has 2 aromatic carbocycles. The number of ether oxygens (including phenoxy) is 1. The predicted octanol–water partition coefficient (Wildman–Crippen LogP) is 5.33. The van der Waals surface area contributed by atoms with Crippen LogP contribution in [0.1, 0.15) is 57.7 Å². The monoisotopic (exact) mass is 481 g/mol. The van der Waals surface area contributed by atoms with E-state index in [1.807, 2.05) is 19.1 Å². The third kappa shape index (κ3) is 4.54. The fraction of sp³-hybridized carbons (Fsp3) is 0.269. The van der Waals surface area contributed by atoms with Crippen LogP contribution in [-0.4, -0.2) is 30.5 Å². The van der Waals surface area contributed by atoms with Gasteiger partial charge in [-0.05, 0) is 60.7 Å². The molecule has 1 saturated heterocycles. The number of amides is 2. The molecule has 176 valence electrons. The van der Waals surface area contributed by atoms with E-state index in [1.165, 1.54) is 30.1 Å². The minimum Gasteiger partial charge on any atom is -0.373 e. The number of aryl methyl sites for hydroxylation is 1. The quantitative estimate of drug-likeness (QED) is 0.515. The number of primary amides is 1. The Morgan fingerprint density at radius 1 is 1.26 bits per heavy atom. The summed E-state index contributed by atoms with van der Waals surface area (Å²) in [5.74, 6) is -1.45. The SMILES string of the molecule is CCc1ccc(C(N)=O)cc1-c1cnc(N(C)C(=O)c2c(F)cccc2Cl)c(C2CCCO2)c1. The molecule has 8 heteroatoms. The fourth-order valence-corrected chi connectivity index (χ4v) is 4.48. The van der Waals surface area contributed by atoms with Crippen LogP contribution in [0.2, 0.25) is 5.02 Å². The molecule has 1 atom stereocenters. The van der Waals surface area contributed by atoms with Crippen molar-refractivity contribution in [3.05, 3.63) is 81.8 Å². The molecule has 1 aliphatic rings. The standard InChI is InChI=1S/C26H25ClFN3O3/c1-3-15-9-10-16(24(29)32)12-18(15)17-13-19(22-8-5-11-34-22)25(30-14-17)31(2)26(33)23-20(27)6-4-7-21(23)28/h4,6-7,9-10,12-14,22H,3,5,8,11H2,1-2H3,(H2,29,32). The smallest absolute Gasteiger partial charge is 0.263 e. The summed E-state index contributed by atoms with van der Waals surface area (Å²) in [5.41, 5.74) is 9.04. The van der Waals surface area contributed by atoms with Crippen LogP contribution in [0.25, 0.3) is 11.1 Å². The lowest BCUT2D eigenvalue weighted by Crippen LogP contribution is -2.29. The molecule has 0 bridgehead atoms. The number of rotatable bonds is 6. The maximum absolute atomic E-state index is 14.4. The lowest BCUT2D eigenvalue weighted by atomic mass is 9.94. The van der Waals surface area contributed by atoms with Crippen LogP contribution < -0.4 is 10.6 Å². The number of hydrogen-bond donors (Lipinski definition) is 1. The number of halogens is 2. The van der Waals surface area contributed by atoms with Gasteiger partial charge in [-0.1, -0.05) is 30.7 Å². The molecule has 1 aromatic heterocycles. The van der Waals surface area contributed by atoms with Gasteiger partial charge in [0.2, 0.25) is 5.91 Å². The zero-order valence-corrected chi connectivity index (χ0v) is 19.7. The zero-order chi connectivity index (χ0) is 24.4. The topological polar surface area (TPSA) is 85.5 Å². The highest BCUT2D eigenvalue weighted by Crippen LogP contribution is 2.38. The first kappa shape index (κ1) is 23.9. The predicted molar refractivity (Wildman–Crippen MR) is 130 cm³/mol. The van der Waals surface area contributed by atoms with E-state index in [2.05, 4.69) is 4.98 Å². The van der Waals surface area contributed by atoms with Gasteiger partial charge in [0, 0.05) is 36.5 Å². The highest BCUT2D eigenvalue weighted by atomic mass is 35.5. The number of pyridine rings is 1. The van der Waals surface area contributed by atoms with Crippen molar-refractivity contribution in [3.63, 3.8) is 0 Å². The maximum Gasteiger partial charge on any atom is 0.263 e. The summed E-state index contributed by atoms with van der Waals surface area (Å²) in [6.45, 7) is 2.62. The van der Waals surface area contributed by atoms with E-state index in [1.54, 1.807) is 18.3 Å². The summed E-state index contributed by atoms with van der Waals surface area (Å²) in [7, 11) is 1.54. The summed E-state index contributed by atoms with van der Waals surface area (Å²) in [6.07, 6.45) is 3.76. The molecular weight excluding hydrogens is 457 g/mol. The van der Waals surface area contributed by atoms with Crippen LogP contribution in [0.4, 0.5) is 10.2 Å². The zero-order valence-electron chi connectivity index (χ0n) is 19.0. The Kier molecular flexibility index (Phi) is 6.95. The van der Waals surface area contributed by atoms with Crippen molar-refractivity contribution in [3.8, 4) is 11.1 Å². The molecule has 34 heavy (non-hydrogen) atoms. The van der Waals surface area contributed by atoms with Crippen LogP contribution in [0.15, 0.2) is 48.7 Å². The van der Waals surface area contributed by atoms with Crippen molar-refractivity contribution in [2.75, 3.05) is 18.6 Å². The average molecular weight is 482 g/mol. The van der Waals surface area contributed by atoms with Gasteiger partial charge in [0.15, 0.2) is 0 Å². The van der Waals surface area contributed by atoms with E-state index < -0.39 is 17.6 Å². The molecule has 1 fully saturated rings. The van der Waals surface area contributed by atoms with Gasteiger partial charge < -0.3 is 10.5 Å². The van der Waals surface area contributed by atoms with Crippen molar-refractivity contribution >= 4 is 29.2 Å². The van der Waals surface area contributed by atoms with E-state index in [4.69, 9.17) is 22.1 Å². The van der Waals surface area contributed by atoms with E-state index >= 15 is 0 Å². The molecule has 2 N–H and O–H groups in total. The van der Waals surface area contributed by atoms with Crippen LogP contribution in [0.5, 0.6) is 0 Å². The number of nitrogens with two attached hydrogens (primary N) is 1. The molecule has 0 aliphatic carbocycles. The molecule has 1 aliphatic heterocycles. The Balaban J connectivity index is 1.82. The van der Waals surface area contributed by atoms with Crippen molar-refractivity contribution in [1.82, 2.24) is 4.98 Å². The Bertz CT molecular complexity index is 1240. The van der Waals surface area contributed by atoms with Crippen LogP contribution in [0.3, 0.4) is 0 Å². The summed E-state index contributed by atoms with van der Waals surface area (Å²) in [5, 5.41) is 0.0305. The van der Waals surface area contributed by atoms with Crippen LogP contribution in [0, 0.1) is 5.82 Å². The van der Waals surface area contributed by atoms with Crippen molar-refractivity contribution in [2.45, 2.75) is 32.3 Å². The van der Waals surface area contributed by atoms with E-state index in [0.29, 0.717) is 23.6 Å². The van der Waals surface area contributed by atoms with Gasteiger partial charge in [-0.3, -0.25) is 14.5 Å². The van der Waals surface area contributed by atoms with Gasteiger partial charge >= 0.3 is 0 Å². The Labute approximate surface area is 202 Å². The van der Waals surface area contributed by atoms with Gasteiger partial charge in [-0.2, -0.15) is 0 Å². The van der Waals surface area contributed by atoms with Crippen molar-refractivity contribution in [1.29, 1.82) is 0 Å². The van der Waals surface area contributed by atoms with Gasteiger partial charge in [0.1, 0.15) is 11.6 Å². The summed E-state index contributed by atoms with van der Waals surface area (Å²) in [6, 6.07) is 11.4. The molecule has 6 nitrogen and oxygen atoms in total. The minimum atomic E-state index is -0.699. The van der Waals surface area contributed by atoms with Gasteiger partial charge in [0.25, 0.3) is 5.91 Å². The highest BCUT2D eigenvalue weighted by molar-refractivity contribution is 6.34. The molecule has 2 heterocycles. The third-order valence-corrected chi connectivity index (χ3v) is 6.37. The number of carbonyl (C=O) groups excluding carboxylic acids is 2. The minimum absolute atomic E-state index is 0.0305. The normalized spacial score (nSPS) is 15.4. The molecule has 0 saturated carbocycles. The molecule has 0 spiro atoms. The van der Waals surface area contributed by atoms with Gasteiger partial charge in [-0.25, -0.2) is 9.37 Å². The number of carbonyl (C=O) groups is 2. The Morgan fingerprint density at radius 2 is 2.06 bits per heavy atom. The lowest BCUT2D eigenvalue weighted by molar-refractivity contribution is 0.0980. The maximum atomic E-state index is 14.4. The average Bonchev–Trinajstić information content (AvgIpc) is 3.37. The van der Waals surface area contributed by atoms with E-state index in [0.717, 1.165) is 36.0 Å². The number of hydrogen-bond acceptors (Lipinski definition) is 4. The summed E-state index contributed by atoms with van der Waals surface area (Å²) >= 11 is 6.13. The Morgan fingerprint density at radius 3 is 2.71 bits per heavy atom. The molecule has 3 aromatic rings. The second-order valence-electron chi connectivity index (χ2n) is 8.19. The molecule has 4 rings (SSSR count).